The van der Waals surface area contributed by atoms with Crippen LogP contribution in [0.1, 0.15) is 24.1 Å². The van der Waals surface area contributed by atoms with E-state index in [4.69, 9.17) is 0 Å². The van der Waals surface area contributed by atoms with Gasteiger partial charge in [0, 0.05) is 17.8 Å². The number of aromatic amines is 1. The van der Waals surface area contributed by atoms with Gasteiger partial charge in [0.15, 0.2) is 0 Å². The molecule has 0 spiro atoms. The van der Waals surface area contributed by atoms with Crippen molar-refractivity contribution >= 4 is 10.9 Å². The van der Waals surface area contributed by atoms with Gasteiger partial charge in [0.1, 0.15) is 0 Å². The van der Waals surface area contributed by atoms with Crippen molar-refractivity contribution in [1.29, 1.82) is 0 Å². The van der Waals surface area contributed by atoms with Gasteiger partial charge >= 0.3 is 0 Å². The van der Waals surface area contributed by atoms with Crippen LogP contribution in [0, 0.1) is 0 Å². The maximum Gasteiger partial charge on any atom is 0.0456 e. The highest BCUT2D eigenvalue weighted by molar-refractivity contribution is 5.80. The molecule has 0 amide bonds. The molecular weight excluding hydrogens is 256 g/mol. The monoisotopic (exact) mass is 278 g/mol. The lowest BCUT2D eigenvalue weighted by molar-refractivity contribution is 0.618. The van der Waals surface area contributed by atoms with Gasteiger partial charge in [-0.25, -0.2) is 0 Å². The highest BCUT2D eigenvalue weighted by atomic mass is 14.9. The number of aryl methyl sites for hydroxylation is 1. The smallest absolute Gasteiger partial charge is 0.0456 e. The lowest BCUT2D eigenvalue weighted by atomic mass is 10.1. The summed E-state index contributed by atoms with van der Waals surface area (Å²) in [6.45, 7) is 1.99. The Balaban J connectivity index is 1.36. The van der Waals surface area contributed by atoms with Gasteiger partial charge in [0.2, 0.25) is 0 Å². The first-order valence-electron chi connectivity index (χ1n) is 7.73. The second-order valence-electron chi connectivity index (χ2n) is 5.50. The molecule has 3 aromatic rings. The van der Waals surface area contributed by atoms with Crippen molar-refractivity contribution in [3.8, 4) is 0 Å². The maximum absolute atomic E-state index is 3.52. The number of fused-ring (bicyclic) bond motifs is 1. The van der Waals surface area contributed by atoms with Crippen LogP contribution in [0.4, 0.5) is 0 Å². The van der Waals surface area contributed by atoms with E-state index in [-0.39, 0.29) is 0 Å². The average molecular weight is 278 g/mol. The Hall–Kier alpha value is -2.06. The van der Waals surface area contributed by atoms with E-state index in [9.17, 15) is 0 Å². The van der Waals surface area contributed by atoms with Gasteiger partial charge in [-0.3, -0.25) is 0 Å². The summed E-state index contributed by atoms with van der Waals surface area (Å²) in [6.07, 6.45) is 3.63. The molecule has 1 aromatic heterocycles. The molecule has 0 saturated carbocycles. The predicted molar refractivity (Wildman–Crippen MR) is 89.4 cm³/mol. The summed E-state index contributed by atoms with van der Waals surface area (Å²) in [4.78, 5) is 3.45. The van der Waals surface area contributed by atoms with Crippen molar-refractivity contribution in [3.63, 3.8) is 0 Å². The quantitative estimate of drug-likeness (QED) is 0.620. The maximum atomic E-state index is 3.52. The van der Waals surface area contributed by atoms with Gasteiger partial charge < -0.3 is 10.3 Å². The first-order valence-corrected chi connectivity index (χ1v) is 7.73. The molecule has 1 heterocycles. The van der Waals surface area contributed by atoms with E-state index in [0.29, 0.717) is 0 Å². The standard InChI is InChI=1S/C19H22N2/c1-2-8-16(9-3-1)10-6-7-13-20-15-18-14-17-11-4-5-12-19(17)21-18/h1-5,8-9,11-12,14,20-21H,6-7,10,13,15H2. The molecule has 2 nitrogen and oxygen atoms in total. The van der Waals surface area contributed by atoms with Gasteiger partial charge in [-0.15, -0.1) is 0 Å². The van der Waals surface area contributed by atoms with E-state index in [2.05, 4.69) is 71.0 Å². The average Bonchev–Trinajstić information content (AvgIpc) is 2.94. The number of para-hydroxylation sites is 1. The van der Waals surface area contributed by atoms with Crippen LogP contribution in [0.5, 0.6) is 0 Å². The van der Waals surface area contributed by atoms with E-state index in [1.54, 1.807) is 0 Å². The molecule has 0 aliphatic heterocycles. The number of nitrogens with one attached hydrogen (secondary N) is 2. The van der Waals surface area contributed by atoms with Crippen molar-refractivity contribution in [2.45, 2.75) is 25.8 Å². The molecule has 0 aliphatic carbocycles. The Kier molecular flexibility index (Phi) is 4.70. The van der Waals surface area contributed by atoms with Crippen LogP contribution in [0.25, 0.3) is 10.9 Å². The van der Waals surface area contributed by atoms with Gasteiger partial charge in [-0.05, 0) is 48.9 Å². The topological polar surface area (TPSA) is 27.8 Å². The van der Waals surface area contributed by atoms with Crippen LogP contribution in [0.2, 0.25) is 0 Å². The van der Waals surface area contributed by atoms with Crippen LogP contribution in [0.15, 0.2) is 60.7 Å². The van der Waals surface area contributed by atoms with Crippen molar-refractivity contribution in [2.24, 2.45) is 0 Å². The number of benzene rings is 2. The fourth-order valence-corrected chi connectivity index (χ4v) is 2.68. The summed E-state index contributed by atoms with van der Waals surface area (Å²) in [5.74, 6) is 0. The third-order valence-electron chi connectivity index (χ3n) is 3.81. The highest BCUT2D eigenvalue weighted by Crippen LogP contribution is 2.14. The molecule has 21 heavy (non-hydrogen) atoms. The minimum atomic E-state index is 0.917. The van der Waals surface area contributed by atoms with Crippen LogP contribution in [0.3, 0.4) is 0 Å². The largest absolute Gasteiger partial charge is 0.357 e. The van der Waals surface area contributed by atoms with Crippen molar-refractivity contribution in [3.05, 3.63) is 71.9 Å². The van der Waals surface area contributed by atoms with E-state index in [1.165, 1.54) is 41.4 Å². The fourth-order valence-electron chi connectivity index (χ4n) is 2.68. The lowest BCUT2D eigenvalue weighted by Gasteiger charge is -2.04. The predicted octanol–water partition coefficient (Wildman–Crippen LogP) is 4.28. The summed E-state index contributed by atoms with van der Waals surface area (Å²) in [5, 5.41) is 4.81. The second kappa shape index (κ2) is 7.09. The van der Waals surface area contributed by atoms with Crippen LogP contribution < -0.4 is 5.32 Å². The number of hydrogen-bond acceptors (Lipinski definition) is 1. The molecule has 108 valence electrons. The number of rotatable bonds is 7. The van der Waals surface area contributed by atoms with Crippen molar-refractivity contribution < 1.29 is 0 Å². The normalized spacial score (nSPS) is 11.0. The number of aromatic nitrogens is 1. The van der Waals surface area contributed by atoms with Crippen LogP contribution in [-0.2, 0) is 13.0 Å². The number of hydrogen-bond donors (Lipinski definition) is 2. The van der Waals surface area contributed by atoms with Gasteiger partial charge in [0.25, 0.3) is 0 Å². The Bertz CT molecular complexity index is 637. The van der Waals surface area contributed by atoms with Crippen molar-refractivity contribution in [1.82, 2.24) is 10.3 Å². The third-order valence-corrected chi connectivity index (χ3v) is 3.81. The molecule has 0 bridgehead atoms. The minimum absolute atomic E-state index is 0.917. The van der Waals surface area contributed by atoms with Gasteiger partial charge in [-0.1, -0.05) is 48.5 Å². The summed E-state index contributed by atoms with van der Waals surface area (Å²) < 4.78 is 0. The molecule has 2 heteroatoms. The molecular formula is C19H22N2. The highest BCUT2D eigenvalue weighted by Gasteiger charge is 1.99. The molecule has 0 unspecified atom stereocenters. The molecule has 0 atom stereocenters. The zero-order valence-electron chi connectivity index (χ0n) is 12.3. The van der Waals surface area contributed by atoms with E-state index < -0.39 is 0 Å². The van der Waals surface area contributed by atoms with Crippen LogP contribution in [-0.4, -0.2) is 11.5 Å². The molecule has 3 rings (SSSR count). The minimum Gasteiger partial charge on any atom is -0.357 e. The Morgan fingerprint density at radius 1 is 0.857 bits per heavy atom. The lowest BCUT2D eigenvalue weighted by Crippen LogP contribution is -2.15. The van der Waals surface area contributed by atoms with Crippen LogP contribution >= 0.6 is 0 Å². The summed E-state index contributed by atoms with van der Waals surface area (Å²) in [7, 11) is 0. The molecule has 0 fully saturated rings. The first-order chi connectivity index (χ1) is 10.4. The summed E-state index contributed by atoms with van der Waals surface area (Å²) in [6, 6.07) is 21.4. The zero-order chi connectivity index (χ0) is 14.3. The summed E-state index contributed by atoms with van der Waals surface area (Å²) in [5.41, 5.74) is 3.92. The number of unbranched alkanes of at least 4 members (excludes halogenated alkanes) is 1. The molecule has 2 N–H and O–H groups in total. The molecule has 0 radical (unpaired) electrons. The second-order valence-corrected chi connectivity index (χ2v) is 5.50. The van der Waals surface area contributed by atoms with Gasteiger partial charge in [-0.2, -0.15) is 0 Å². The Labute approximate surface area is 126 Å². The number of H-pyrrole nitrogens is 1. The SMILES string of the molecule is c1ccc(CCCCNCc2cc3ccccc3[nH]2)cc1. The summed E-state index contributed by atoms with van der Waals surface area (Å²) >= 11 is 0. The van der Waals surface area contributed by atoms with E-state index in [1.807, 2.05) is 0 Å². The Morgan fingerprint density at radius 3 is 2.52 bits per heavy atom. The first kappa shape index (κ1) is 13.9. The van der Waals surface area contributed by atoms with Crippen molar-refractivity contribution in [2.75, 3.05) is 6.54 Å². The fraction of sp³-hybridized carbons (Fsp3) is 0.263. The molecule has 0 saturated heterocycles. The van der Waals surface area contributed by atoms with E-state index in [0.717, 1.165) is 13.1 Å². The zero-order valence-corrected chi connectivity index (χ0v) is 12.3. The van der Waals surface area contributed by atoms with Gasteiger partial charge in [0.05, 0.1) is 0 Å². The molecule has 0 aliphatic rings. The Morgan fingerprint density at radius 2 is 1.67 bits per heavy atom. The third kappa shape index (κ3) is 3.96. The van der Waals surface area contributed by atoms with E-state index >= 15 is 0 Å². The molecule has 2 aromatic carbocycles.